The first-order valence-electron chi connectivity index (χ1n) is 8.26. The summed E-state index contributed by atoms with van der Waals surface area (Å²) in [7, 11) is 2.79. The Balaban J connectivity index is 2.22. The molecule has 1 N–H and O–H groups in total. The van der Waals surface area contributed by atoms with E-state index in [0.717, 1.165) is 5.56 Å². The number of rotatable bonds is 6. The summed E-state index contributed by atoms with van der Waals surface area (Å²) >= 11 is 0. The number of nitrogens with one attached hydrogen (secondary N) is 1. The summed E-state index contributed by atoms with van der Waals surface area (Å²) in [6, 6.07) is 11.8. The molecular formula is C20H22N2O5. The van der Waals surface area contributed by atoms with Gasteiger partial charge >= 0.3 is 5.97 Å². The zero-order valence-electron chi connectivity index (χ0n) is 15.7. The first-order chi connectivity index (χ1) is 12.8. The number of anilines is 2. The van der Waals surface area contributed by atoms with Crippen LogP contribution in [0.15, 0.2) is 42.5 Å². The van der Waals surface area contributed by atoms with Crippen LogP contribution in [0.1, 0.15) is 22.8 Å². The molecule has 7 nitrogen and oxygen atoms in total. The van der Waals surface area contributed by atoms with E-state index in [1.165, 1.54) is 32.1 Å². The third-order valence-electron chi connectivity index (χ3n) is 3.89. The van der Waals surface area contributed by atoms with Crippen LogP contribution in [0.25, 0.3) is 0 Å². The zero-order chi connectivity index (χ0) is 20.0. The van der Waals surface area contributed by atoms with Crippen molar-refractivity contribution in [3.8, 4) is 5.75 Å². The number of amides is 2. The fourth-order valence-corrected chi connectivity index (χ4v) is 2.56. The van der Waals surface area contributed by atoms with Gasteiger partial charge in [0.25, 0.3) is 0 Å². The molecule has 0 aromatic heterocycles. The van der Waals surface area contributed by atoms with E-state index in [2.05, 4.69) is 5.32 Å². The molecule has 0 heterocycles. The van der Waals surface area contributed by atoms with Crippen molar-refractivity contribution in [1.82, 2.24) is 0 Å². The molecule has 27 heavy (non-hydrogen) atoms. The average Bonchev–Trinajstić information content (AvgIpc) is 2.65. The van der Waals surface area contributed by atoms with Gasteiger partial charge in [0.05, 0.1) is 25.5 Å². The van der Waals surface area contributed by atoms with E-state index < -0.39 is 11.9 Å². The van der Waals surface area contributed by atoms with Crippen LogP contribution in [-0.2, 0) is 14.3 Å². The quantitative estimate of drug-likeness (QED) is 0.791. The molecule has 0 radical (unpaired) electrons. The SMILES string of the molecule is COC(=O)c1cccc(N(CC(=O)Nc2cc(C)ccc2OC)C(C)=O)c1. The van der Waals surface area contributed by atoms with Gasteiger partial charge in [-0.1, -0.05) is 12.1 Å². The highest BCUT2D eigenvalue weighted by Gasteiger charge is 2.18. The molecule has 0 fully saturated rings. The molecule has 0 saturated carbocycles. The number of hydrogen-bond donors (Lipinski definition) is 1. The maximum absolute atomic E-state index is 12.5. The fourth-order valence-electron chi connectivity index (χ4n) is 2.56. The van der Waals surface area contributed by atoms with Gasteiger partial charge in [-0.25, -0.2) is 4.79 Å². The number of carbonyl (C=O) groups is 3. The van der Waals surface area contributed by atoms with E-state index >= 15 is 0 Å². The lowest BCUT2D eigenvalue weighted by Gasteiger charge is -2.21. The molecule has 0 bridgehead atoms. The summed E-state index contributed by atoms with van der Waals surface area (Å²) < 4.78 is 9.94. The van der Waals surface area contributed by atoms with Crippen molar-refractivity contribution in [3.05, 3.63) is 53.6 Å². The van der Waals surface area contributed by atoms with Crippen LogP contribution < -0.4 is 15.0 Å². The Kier molecular flexibility index (Phi) is 6.54. The summed E-state index contributed by atoms with van der Waals surface area (Å²) in [4.78, 5) is 37.6. The molecule has 0 aliphatic carbocycles. The van der Waals surface area contributed by atoms with Crippen LogP contribution in [0.3, 0.4) is 0 Å². The van der Waals surface area contributed by atoms with E-state index in [1.54, 1.807) is 30.3 Å². The molecule has 7 heteroatoms. The Morgan fingerprint density at radius 1 is 1.07 bits per heavy atom. The molecule has 2 rings (SSSR count). The maximum Gasteiger partial charge on any atom is 0.337 e. The van der Waals surface area contributed by atoms with E-state index in [4.69, 9.17) is 9.47 Å². The van der Waals surface area contributed by atoms with Crippen LogP contribution in [0.4, 0.5) is 11.4 Å². The van der Waals surface area contributed by atoms with Gasteiger partial charge in [0.15, 0.2) is 0 Å². The Morgan fingerprint density at radius 2 is 1.81 bits per heavy atom. The van der Waals surface area contributed by atoms with Crippen LogP contribution in [0.5, 0.6) is 5.75 Å². The summed E-state index contributed by atoms with van der Waals surface area (Å²) in [5.41, 5.74) is 2.20. The summed E-state index contributed by atoms with van der Waals surface area (Å²) in [5.74, 6) is -0.716. The van der Waals surface area contributed by atoms with Gasteiger partial charge in [-0.05, 0) is 42.8 Å². The molecule has 0 unspecified atom stereocenters. The molecule has 2 aromatic carbocycles. The fraction of sp³-hybridized carbons (Fsp3) is 0.250. The number of ether oxygens (including phenoxy) is 2. The van der Waals surface area contributed by atoms with Crippen molar-refractivity contribution in [1.29, 1.82) is 0 Å². The van der Waals surface area contributed by atoms with Gasteiger partial charge in [-0.15, -0.1) is 0 Å². The van der Waals surface area contributed by atoms with Crippen molar-refractivity contribution < 1.29 is 23.9 Å². The number of benzene rings is 2. The largest absolute Gasteiger partial charge is 0.495 e. The number of aryl methyl sites for hydroxylation is 1. The molecule has 2 amide bonds. The minimum absolute atomic E-state index is 0.211. The van der Waals surface area contributed by atoms with E-state index in [0.29, 0.717) is 22.7 Å². The van der Waals surface area contributed by atoms with E-state index in [1.807, 2.05) is 13.0 Å². The Morgan fingerprint density at radius 3 is 2.44 bits per heavy atom. The highest BCUT2D eigenvalue weighted by molar-refractivity contribution is 6.03. The van der Waals surface area contributed by atoms with Gasteiger partial charge < -0.3 is 19.7 Å². The predicted octanol–water partition coefficient (Wildman–Crippen LogP) is 2.78. The standard InChI is InChI=1S/C20H22N2O5/c1-13-8-9-18(26-3)17(10-13)21-19(24)12-22(14(2)23)16-7-5-6-15(11-16)20(25)27-4/h5-11H,12H2,1-4H3,(H,21,24). The molecule has 2 aromatic rings. The monoisotopic (exact) mass is 370 g/mol. The van der Waals surface area contributed by atoms with Crippen molar-refractivity contribution in [3.63, 3.8) is 0 Å². The minimum atomic E-state index is -0.519. The second-order valence-electron chi connectivity index (χ2n) is 5.90. The zero-order valence-corrected chi connectivity index (χ0v) is 15.7. The van der Waals surface area contributed by atoms with Gasteiger partial charge in [0.2, 0.25) is 11.8 Å². The van der Waals surface area contributed by atoms with Gasteiger partial charge in [0, 0.05) is 12.6 Å². The molecule has 0 aliphatic rings. The van der Waals surface area contributed by atoms with Gasteiger partial charge in [-0.3, -0.25) is 9.59 Å². The lowest BCUT2D eigenvalue weighted by atomic mass is 10.2. The van der Waals surface area contributed by atoms with Crippen LogP contribution in [0.2, 0.25) is 0 Å². The number of esters is 1. The van der Waals surface area contributed by atoms with E-state index in [9.17, 15) is 14.4 Å². The number of carbonyl (C=O) groups excluding carboxylic acids is 3. The Labute approximate surface area is 157 Å². The predicted molar refractivity (Wildman–Crippen MR) is 102 cm³/mol. The maximum atomic E-state index is 12.5. The lowest BCUT2D eigenvalue weighted by molar-refractivity contribution is -0.120. The second kappa shape index (κ2) is 8.84. The average molecular weight is 370 g/mol. The molecule has 0 spiro atoms. The minimum Gasteiger partial charge on any atom is -0.495 e. The lowest BCUT2D eigenvalue weighted by Crippen LogP contribution is -2.36. The van der Waals surface area contributed by atoms with Crippen molar-refractivity contribution in [2.24, 2.45) is 0 Å². The number of nitrogens with zero attached hydrogens (tertiary/aromatic N) is 1. The summed E-state index contributed by atoms with van der Waals surface area (Å²) in [6.45, 7) is 3.04. The second-order valence-corrected chi connectivity index (χ2v) is 5.90. The number of methoxy groups -OCH3 is 2. The molecular weight excluding hydrogens is 348 g/mol. The van der Waals surface area contributed by atoms with Gasteiger partial charge in [-0.2, -0.15) is 0 Å². The summed E-state index contributed by atoms with van der Waals surface area (Å²) in [5, 5.41) is 2.76. The van der Waals surface area contributed by atoms with Crippen molar-refractivity contribution in [2.45, 2.75) is 13.8 Å². The molecule has 0 saturated heterocycles. The van der Waals surface area contributed by atoms with Crippen LogP contribution in [0, 0.1) is 6.92 Å². The molecule has 0 aliphatic heterocycles. The first-order valence-corrected chi connectivity index (χ1v) is 8.26. The van der Waals surface area contributed by atoms with Crippen molar-refractivity contribution in [2.75, 3.05) is 31.0 Å². The smallest absolute Gasteiger partial charge is 0.337 e. The highest BCUT2D eigenvalue weighted by Crippen LogP contribution is 2.25. The summed E-state index contributed by atoms with van der Waals surface area (Å²) in [6.07, 6.45) is 0. The van der Waals surface area contributed by atoms with Gasteiger partial charge in [0.1, 0.15) is 12.3 Å². The first kappa shape index (κ1) is 20.0. The third-order valence-corrected chi connectivity index (χ3v) is 3.89. The van der Waals surface area contributed by atoms with E-state index in [-0.39, 0.29) is 12.5 Å². The Hall–Kier alpha value is -3.35. The Bertz CT molecular complexity index is 863. The third kappa shape index (κ3) is 5.07. The van der Waals surface area contributed by atoms with Crippen LogP contribution in [-0.4, -0.2) is 38.5 Å². The topological polar surface area (TPSA) is 84.9 Å². The highest BCUT2D eigenvalue weighted by atomic mass is 16.5. The van der Waals surface area contributed by atoms with Crippen molar-refractivity contribution >= 4 is 29.2 Å². The molecule has 0 atom stereocenters. The normalized spacial score (nSPS) is 10.1. The number of hydrogen-bond acceptors (Lipinski definition) is 5. The van der Waals surface area contributed by atoms with Crippen LogP contribution >= 0.6 is 0 Å². The molecule has 142 valence electrons.